The molecular weight excluding hydrogens is 757 g/mol. The number of carbonyl (C=O) groups excluding carboxylic acids is 1. The highest BCUT2D eigenvalue weighted by atomic mass is 35.5. The van der Waals surface area contributed by atoms with E-state index in [-0.39, 0.29) is 46.9 Å². The first-order valence-corrected chi connectivity index (χ1v) is 20.3. The van der Waals surface area contributed by atoms with Crippen LogP contribution in [-0.4, -0.2) is 43.1 Å². The number of fused-ring (bicyclic) bond motifs is 4. The Morgan fingerprint density at radius 1 is 0.912 bits per heavy atom. The van der Waals surface area contributed by atoms with Crippen LogP contribution in [0.15, 0.2) is 116 Å². The van der Waals surface area contributed by atoms with Crippen LogP contribution in [0.1, 0.15) is 54.2 Å². The van der Waals surface area contributed by atoms with Crippen LogP contribution in [0.3, 0.4) is 0 Å². The minimum Gasteiger partial charge on any atom is -0.466 e. The smallest absolute Gasteiger partial charge is 0.311 e. The molecule has 1 N–H and O–H groups in total. The predicted octanol–water partition coefficient (Wildman–Crippen LogP) is 9.90. The molecule has 0 amide bonds. The molecule has 3 fully saturated rings. The lowest BCUT2D eigenvalue weighted by Gasteiger charge is -2.47. The summed E-state index contributed by atoms with van der Waals surface area (Å²) in [5.41, 5.74) is 3.34. The van der Waals surface area contributed by atoms with Crippen molar-refractivity contribution >= 4 is 45.9 Å². The molecule has 4 aromatic heterocycles. The molecule has 0 spiro atoms. The van der Waals surface area contributed by atoms with Crippen molar-refractivity contribution in [2.24, 2.45) is 17.8 Å². The third kappa shape index (κ3) is 6.33. The number of halogens is 2. The third-order valence-corrected chi connectivity index (χ3v) is 12.7. The van der Waals surface area contributed by atoms with E-state index >= 15 is 4.39 Å². The van der Waals surface area contributed by atoms with Gasteiger partial charge in [-0.1, -0.05) is 103 Å². The van der Waals surface area contributed by atoms with Crippen LogP contribution in [0, 0.1) is 34.9 Å². The van der Waals surface area contributed by atoms with Crippen molar-refractivity contribution < 1.29 is 13.9 Å². The van der Waals surface area contributed by atoms with Crippen LogP contribution in [0.5, 0.6) is 0 Å². The quantitative estimate of drug-likeness (QED) is 0.107. The number of rotatable bonds is 10. The summed E-state index contributed by atoms with van der Waals surface area (Å²) in [5, 5.41) is 13.3. The number of carbonyl (C=O) groups is 1. The molecule has 3 aromatic carbocycles. The molecule has 4 heterocycles. The van der Waals surface area contributed by atoms with Crippen molar-refractivity contribution in [3.63, 3.8) is 0 Å². The first kappa shape index (κ1) is 36.7. The van der Waals surface area contributed by atoms with E-state index in [2.05, 4.69) is 52.4 Å². The zero-order valence-electron chi connectivity index (χ0n) is 31.0. The number of nitriles is 1. The van der Waals surface area contributed by atoms with Crippen molar-refractivity contribution in [1.29, 1.82) is 5.26 Å². The van der Waals surface area contributed by atoms with E-state index in [9.17, 15) is 10.1 Å². The van der Waals surface area contributed by atoms with Gasteiger partial charge < -0.3 is 14.6 Å². The summed E-state index contributed by atoms with van der Waals surface area (Å²) in [4.78, 5) is 33.9. The summed E-state index contributed by atoms with van der Waals surface area (Å²) in [5.74, 6) is -0.989. The van der Waals surface area contributed by atoms with Gasteiger partial charge >= 0.3 is 5.97 Å². The van der Waals surface area contributed by atoms with Crippen LogP contribution in [0.2, 0.25) is 5.15 Å². The van der Waals surface area contributed by atoms with E-state index in [0.717, 1.165) is 53.7 Å². The lowest BCUT2D eigenvalue weighted by Crippen LogP contribution is -2.52. The van der Waals surface area contributed by atoms with Crippen molar-refractivity contribution in [1.82, 2.24) is 24.5 Å². The highest BCUT2D eigenvalue weighted by molar-refractivity contribution is 7.16. The maximum absolute atomic E-state index is 17.0. The van der Waals surface area contributed by atoms with Crippen LogP contribution in [-0.2, 0) is 15.1 Å². The second-order valence-corrected chi connectivity index (χ2v) is 16.0. The fourth-order valence-electron chi connectivity index (χ4n) is 9.09. The molecule has 3 saturated carbocycles. The van der Waals surface area contributed by atoms with Gasteiger partial charge in [0.2, 0.25) is 0 Å². The number of anilines is 1. The molecule has 0 aliphatic heterocycles. The largest absolute Gasteiger partial charge is 0.466 e. The second-order valence-electron chi connectivity index (χ2n) is 14.5. The SMILES string of the molecule is CCOC(=O)[C@@H]1C2CCC(CC2)[C@H]1Nc1nc(-c2cn(C(c3ccccc3)(c3ccccc3)c3ccccc3)c3ncc(Cl)nc23)nc(-c2ccc(C#N)s2)c1F. The van der Waals surface area contributed by atoms with Gasteiger partial charge in [-0.05, 0) is 73.3 Å². The molecule has 7 aromatic rings. The highest BCUT2D eigenvalue weighted by Gasteiger charge is 2.48. The Morgan fingerprint density at radius 2 is 1.53 bits per heavy atom. The van der Waals surface area contributed by atoms with Crippen molar-refractivity contribution in [3.05, 3.63) is 148 Å². The van der Waals surface area contributed by atoms with E-state index in [0.29, 0.717) is 26.5 Å². The summed E-state index contributed by atoms with van der Waals surface area (Å²) in [7, 11) is 0. The molecular formula is C45H37ClFN7O2S. The molecule has 0 unspecified atom stereocenters. The van der Waals surface area contributed by atoms with Gasteiger partial charge in [0.05, 0.1) is 29.2 Å². The van der Waals surface area contributed by atoms with Crippen molar-refractivity contribution in [3.8, 4) is 28.0 Å². The van der Waals surface area contributed by atoms with Crippen molar-refractivity contribution in [2.75, 3.05) is 11.9 Å². The monoisotopic (exact) mass is 793 g/mol. The molecule has 0 saturated heterocycles. The molecule has 10 rings (SSSR count). The van der Waals surface area contributed by atoms with E-state index in [1.54, 1.807) is 19.1 Å². The van der Waals surface area contributed by atoms with Gasteiger partial charge in [0, 0.05) is 12.2 Å². The van der Waals surface area contributed by atoms with Gasteiger partial charge in [0.15, 0.2) is 23.1 Å². The summed E-state index contributed by atoms with van der Waals surface area (Å²) >= 11 is 7.77. The van der Waals surface area contributed by atoms with Crippen molar-refractivity contribution in [2.45, 2.75) is 44.2 Å². The zero-order valence-corrected chi connectivity index (χ0v) is 32.6. The number of ether oxygens (including phenoxy) is 1. The Labute approximate surface area is 338 Å². The minimum atomic E-state index is -0.976. The van der Waals surface area contributed by atoms with Crippen LogP contribution >= 0.6 is 22.9 Å². The van der Waals surface area contributed by atoms with E-state index in [4.69, 9.17) is 36.3 Å². The Kier molecular flexibility index (Phi) is 9.76. The van der Waals surface area contributed by atoms with Crippen LogP contribution < -0.4 is 5.32 Å². The maximum atomic E-state index is 17.0. The fraction of sp³-hybridized carbons (Fsp3) is 0.244. The highest BCUT2D eigenvalue weighted by Crippen LogP contribution is 2.48. The van der Waals surface area contributed by atoms with Gasteiger partial charge in [0.25, 0.3) is 0 Å². The lowest BCUT2D eigenvalue weighted by molar-refractivity contribution is -0.154. The Hall–Kier alpha value is -5.96. The number of nitrogens with zero attached hydrogens (tertiary/aromatic N) is 6. The first-order valence-electron chi connectivity index (χ1n) is 19.1. The molecule has 284 valence electrons. The summed E-state index contributed by atoms with van der Waals surface area (Å²) < 4.78 is 24.7. The van der Waals surface area contributed by atoms with Gasteiger partial charge in [-0.3, -0.25) is 4.79 Å². The lowest BCUT2D eigenvalue weighted by atomic mass is 9.61. The molecule has 2 atom stereocenters. The fourth-order valence-corrected chi connectivity index (χ4v) is 10.0. The van der Waals surface area contributed by atoms with Gasteiger partial charge in [0.1, 0.15) is 32.8 Å². The molecule has 2 bridgehead atoms. The molecule has 3 aliphatic rings. The standard InChI is InChI=1S/C45H37ClFN7O2S/c1-2-56-44(55)36-27-18-20-28(21-19-27)38(36)51-42-37(47)40(34-23-22-32(24-48)57-34)52-41(53-42)33-26-54(43-39(33)50-35(46)25-49-43)45(29-12-6-3-7-13-29,30-14-8-4-9-15-30)31-16-10-5-11-17-31/h3-17,22-23,25-28,36,38H,2,18-21H2,1H3,(H,51,52,53)/t27?,28?,36-,38-/m1/s1. The molecule has 3 aliphatic carbocycles. The summed E-state index contributed by atoms with van der Waals surface area (Å²) in [6.45, 7) is 2.06. The average molecular weight is 794 g/mol. The normalized spacial score (nSPS) is 19.0. The van der Waals surface area contributed by atoms with Gasteiger partial charge in [-0.25, -0.2) is 24.3 Å². The second kappa shape index (κ2) is 15.2. The number of aromatic nitrogens is 5. The van der Waals surface area contributed by atoms with Crippen LogP contribution in [0.25, 0.3) is 33.1 Å². The minimum absolute atomic E-state index is 0.0268. The number of benzene rings is 3. The van der Waals surface area contributed by atoms with Gasteiger partial charge in [-0.15, -0.1) is 11.3 Å². The molecule has 12 heteroatoms. The van der Waals surface area contributed by atoms with E-state index < -0.39 is 23.3 Å². The zero-order chi connectivity index (χ0) is 39.1. The van der Waals surface area contributed by atoms with Gasteiger partial charge in [-0.2, -0.15) is 5.26 Å². The van der Waals surface area contributed by atoms with E-state index in [1.807, 2.05) is 60.8 Å². The first-order chi connectivity index (χ1) is 27.9. The Bertz CT molecular complexity index is 2520. The predicted molar refractivity (Wildman–Crippen MR) is 219 cm³/mol. The molecule has 0 radical (unpaired) electrons. The number of hydrogen-bond acceptors (Lipinski definition) is 9. The summed E-state index contributed by atoms with van der Waals surface area (Å²) in [6.07, 6.45) is 7.13. The van der Waals surface area contributed by atoms with Crippen LogP contribution in [0.4, 0.5) is 10.2 Å². The third-order valence-electron chi connectivity index (χ3n) is 11.5. The number of esters is 1. The Morgan fingerprint density at radius 3 is 2.11 bits per heavy atom. The Balaban J connectivity index is 1.31. The maximum Gasteiger partial charge on any atom is 0.311 e. The number of nitrogens with one attached hydrogen (secondary N) is 1. The topological polar surface area (TPSA) is 119 Å². The summed E-state index contributed by atoms with van der Waals surface area (Å²) in [6, 6.07) is 35.7. The average Bonchev–Trinajstić information content (AvgIpc) is 3.89. The molecule has 57 heavy (non-hydrogen) atoms. The number of hydrogen-bond donors (Lipinski definition) is 1. The molecule has 9 nitrogen and oxygen atoms in total. The number of thiophene rings is 1. The van der Waals surface area contributed by atoms with E-state index in [1.165, 1.54) is 6.20 Å².